The number of nitrogens with zero attached hydrogens (tertiary/aromatic N) is 2. The fourth-order valence-electron chi connectivity index (χ4n) is 0.957. The summed E-state index contributed by atoms with van der Waals surface area (Å²) in [6, 6.07) is 7.66. The van der Waals surface area contributed by atoms with Gasteiger partial charge in [0.1, 0.15) is 3.70 Å². The number of rotatable bonds is 0. The van der Waals surface area contributed by atoms with Crippen LogP contribution in [0.1, 0.15) is 0 Å². The summed E-state index contributed by atoms with van der Waals surface area (Å²) in [5.41, 5.74) is 1.72. The molecule has 0 N–H and O–H groups in total. The standard InChI is InChI=1S/C8H4ClIN2/c9-7-8(10)12-6-4-2-1-3-5(6)11-7/h1-4H. The highest BCUT2D eigenvalue weighted by Gasteiger charge is 2.01. The number of hydrogen-bond donors (Lipinski definition) is 0. The van der Waals surface area contributed by atoms with Crippen LogP contribution in [0.15, 0.2) is 24.3 Å². The van der Waals surface area contributed by atoms with Gasteiger partial charge in [-0.3, -0.25) is 0 Å². The second-order valence-electron chi connectivity index (χ2n) is 2.29. The molecule has 1 heterocycles. The van der Waals surface area contributed by atoms with Gasteiger partial charge in [-0.25, -0.2) is 9.97 Å². The van der Waals surface area contributed by atoms with Gasteiger partial charge in [-0.15, -0.1) is 0 Å². The van der Waals surface area contributed by atoms with Crippen LogP contribution in [0.5, 0.6) is 0 Å². The Balaban J connectivity index is 2.84. The highest BCUT2D eigenvalue weighted by atomic mass is 127. The Morgan fingerprint density at radius 3 is 2.33 bits per heavy atom. The van der Waals surface area contributed by atoms with Crippen LogP contribution in [0.3, 0.4) is 0 Å². The lowest BCUT2D eigenvalue weighted by molar-refractivity contribution is 1.25. The Hall–Kier alpha value is -0.420. The Kier molecular flexibility index (Phi) is 2.14. The van der Waals surface area contributed by atoms with E-state index in [9.17, 15) is 0 Å². The van der Waals surface area contributed by atoms with E-state index >= 15 is 0 Å². The maximum absolute atomic E-state index is 5.81. The van der Waals surface area contributed by atoms with E-state index in [1.165, 1.54) is 0 Å². The maximum Gasteiger partial charge on any atom is 0.161 e. The topological polar surface area (TPSA) is 25.8 Å². The molecule has 12 heavy (non-hydrogen) atoms. The first-order valence-corrected chi connectivity index (χ1v) is 4.81. The minimum atomic E-state index is 0.467. The van der Waals surface area contributed by atoms with Gasteiger partial charge in [0.25, 0.3) is 0 Å². The Bertz CT molecular complexity index is 390. The van der Waals surface area contributed by atoms with Gasteiger partial charge in [-0.2, -0.15) is 0 Å². The van der Waals surface area contributed by atoms with Crippen molar-refractivity contribution >= 4 is 45.2 Å². The minimum absolute atomic E-state index is 0.467. The van der Waals surface area contributed by atoms with E-state index in [-0.39, 0.29) is 0 Å². The van der Waals surface area contributed by atoms with Crippen molar-refractivity contribution in [2.24, 2.45) is 0 Å². The van der Waals surface area contributed by atoms with Crippen molar-refractivity contribution in [1.29, 1.82) is 0 Å². The summed E-state index contributed by atoms with van der Waals surface area (Å²) in [6.07, 6.45) is 0. The van der Waals surface area contributed by atoms with E-state index in [4.69, 9.17) is 11.6 Å². The molecule has 0 fully saturated rings. The van der Waals surface area contributed by atoms with Crippen molar-refractivity contribution in [3.8, 4) is 0 Å². The van der Waals surface area contributed by atoms with Crippen LogP contribution in [-0.2, 0) is 0 Å². The van der Waals surface area contributed by atoms with Gasteiger partial charge in [-0.1, -0.05) is 23.7 Å². The molecule has 2 nitrogen and oxygen atoms in total. The number of halogens is 2. The second-order valence-corrected chi connectivity index (χ2v) is 3.67. The molecule has 60 valence electrons. The number of para-hydroxylation sites is 2. The average Bonchev–Trinajstić information content (AvgIpc) is 2.07. The zero-order valence-electron chi connectivity index (χ0n) is 5.96. The first-order chi connectivity index (χ1) is 5.77. The molecule has 0 bridgehead atoms. The average molecular weight is 290 g/mol. The van der Waals surface area contributed by atoms with Gasteiger partial charge in [0, 0.05) is 0 Å². The van der Waals surface area contributed by atoms with Crippen molar-refractivity contribution in [3.63, 3.8) is 0 Å². The number of benzene rings is 1. The molecule has 0 aliphatic rings. The van der Waals surface area contributed by atoms with E-state index in [0.717, 1.165) is 14.7 Å². The number of fused-ring (bicyclic) bond motifs is 1. The molecular weight excluding hydrogens is 286 g/mol. The molecule has 2 rings (SSSR count). The molecule has 0 aliphatic heterocycles. The molecular formula is C8H4ClIN2. The summed E-state index contributed by atoms with van der Waals surface area (Å²) < 4.78 is 0.743. The summed E-state index contributed by atoms with van der Waals surface area (Å²) in [5.74, 6) is 0. The SMILES string of the molecule is Clc1nc2ccccc2nc1I. The monoisotopic (exact) mass is 290 g/mol. The second kappa shape index (κ2) is 3.14. The van der Waals surface area contributed by atoms with Gasteiger partial charge in [0.15, 0.2) is 5.15 Å². The summed E-state index contributed by atoms with van der Waals surface area (Å²) in [5, 5.41) is 0.467. The molecule has 0 atom stereocenters. The van der Waals surface area contributed by atoms with Crippen LogP contribution >= 0.6 is 34.2 Å². The van der Waals surface area contributed by atoms with Crippen molar-refractivity contribution in [3.05, 3.63) is 33.1 Å². The normalized spacial score (nSPS) is 10.5. The van der Waals surface area contributed by atoms with E-state index in [1.54, 1.807) is 0 Å². The van der Waals surface area contributed by atoms with Crippen molar-refractivity contribution in [2.75, 3.05) is 0 Å². The summed E-state index contributed by atoms with van der Waals surface area (Å²) in [6.45, 7) is 0. The number of hydrogen-bond acceptors (Lipinski definition) is 2. The molecule has 0 saturated carbocycles. The number of aromatic nitrogens is 2. The van der Waals surface area contributed by atoms with Gasteiger partial charge >= 0.3 is 0 Å². The molecule has 0 radical (unpaired) electrons. The molecule has 0 amide bonds. The summed E-state index contributed by atoms with van der Waals surface area (Å²) in [4.78, 5) is 8.44. The Morgan fingerprint density at radius 1 is 1.08 bits per heavy atom. The lowest BCUT2D eigenvalue weighted by Crippen LogP contribution is -1.88. The van der Waals surface area contributed by atoms with E-state index in [1.807, 2.05) is 24.3 Å². The third-order valence-corrected chi connectivity index (χ3v) is 2.82. The predicted octanol–water partition coefficient (Wildman–Crippen LogP) is 2.89. The van der Waals surface area contributed by atoms with E-state index < -0.39 is 0 Å². The van der Waals surface area contributed by atoms with Crippen LogP contribution in [0.4, 0.5) is 0 Å². The van der Waals surface area contributed by atoms with Crippen LogP contribution in [-0.4, -0.2) is 9.97 Å². The van der Waals surface area contributed by atoms with Crippen LogP contribution in [0, 0.1) is 3.70 Å². The maximum atomic E-state index is 5.81. The first-order valence-electron chi connectivity index (χ1n) is 3.35. The minimum Gasteiger partial charge on any atom is -0.237 e. The Morgan fingerprint density at radius 2 is 1.67 bits per heavy atom. The molecule has 0 spiro atoms. The van der Waals surface area contributed by atoms with Crippen LogP contribution in [0.25, 0.3) is 11.0 Å². The third kappa shape index (κ3) is 1.38. The van der Waals surface area contributed by atoms with Crippen LogP contribution in [0.2, 0.25) is 5.15 Å². The van der Waals surface area contributed by atoms with E-state index in [0.29, 0.717) is 5.15 Å². The highest BCUT2D eigenvalue weighted by molar-refractivity contribution is 14.1. The smallest absolute Gasteiger partial charge is 0.161 e. The first kappa shape index (κ1) is 8.19. The lowest BCUT2D eigenvalue weighted by Gasteiger charge is -1.97. The summed E-state index contributed by atoms with van der Waals surface area (Å²) >= 11 is 7.87. The molecule has 0 aliphatic carbocycles. The fourth-order valence-corrected chi connectivity index (χ4v) is 1.47. The molecule has 1 aromatic carbocycles. The molecule has 4 heteroatoms. The van der Waals surface area contributed by atoms with Gasteiger partial charge in [0.05, 0.1) is 11.0 Å². The van der Waals surface area contributed by atoms with Gasteiger partial charge in [0.2, 0.25) is 0 Å². The quantitative estimate of drug-likeness (QED) is 0.697. The molecule has 0 saturated heterocycles. The lowest BCUT2D eigenvalue weighted by atomic mass is 10.3. The third-order valence-electron chi connectivity index (χ3n) is 1.49. The van der Waals surface area contributed by atoms with Crippen molar-refractivity contribution in [2.45, 2.75) is 0 Å². The predicted molar refractivity (Wildman–Crippen MR) is 57.3 cm³/mol. The zero-order valence-corrected chi connectivity index (χ0v) is 8.87. The summed E-state index contributed by atoms with van der Waals surface area (Å²) in [7, 11) is 0. The molecule has 1 aromatic heterocycles. The van der Waals surface area contributed by atoms with Crippen LogP contribution < -0.4 is 0 Å². The Labute approximate surface area is 88.1 Å². The zero-order chi connectivity index (χ0) is 8.55. The molecule has 0 unspecified atom stereocenters. The molecule has 2 aromatic rings. The van der Waals surface area contributed by atoms with Gasteiger partial charge < -0.3 is 0 Å². The largest absolute Gasteiger partial charge is 0.237 e. The van der Waals surface area contributed by atoms with Gasteiger partial charge in [-0.05, 0) is 34.7 Å². The fraction of sp³-hybridized carbons (Fsp3) is 0. The van der Waals surface area contributed by atoms with Crippen molar-refractivity contribution in [1.82, 2.24) is 9.97 Å². The van der Waals surface area contributed by atoms with Crippen molar-refractivity contribution < 1.29 is 0 Å². The highest BCUT2D eigenvalue weighted by Crippen LogP contribution is 2.17. The van der Waals surface area contributed by atoms with E-state index in [2.05, 4.69) is 32.6 Å².